The van der Waals surface area contributed by atoms with Crippen LogP contribution in [0.25, 0.3) is 0 Å². The van der Waals surface area contributed by atoms with Gasteiger partial charge in [-0.3, -0.25) is 4.79 Å². The van der Waals surface area contributed by atoms with Crippen LogP contribution in [0, 0.1) is 0 Å². The first kappa shape index (κ1) is 18.7. The highest BCUT2D eigenvalue weighted by Crippen LogP contribution is 2.28. The van der Waals surface area contributed by atoms with Gasteiger partial charge in [0.15, 0.2) is 0 Å². The Kier molecular flexibility index (Phi) is 5.25. The van der Waals surface area contributed by atoms with Crippen molar-refractivity contribution in [2.24, 2.45) is 0 Å². The molecule has 23 heavy (non-hydrogen) atoms. The van der Waals surface area contributed by atoms with Crippen LogP contribution in [0.2, 0.25) is 0 Å². The normalized spacial score (nSPS) is 11.8. The summed E-state index contributed by atoms with van der Waals surface area (Å²) in [6.07, 6.45) is -10.8. The summed E-state index contributed by atoms with van der Waals surface area (Å²) in [5, 5.41) is -1.31. The van der Waals surface area contributed by atoms with Crippen LogP contribution in [-0.4, -0.2) is 29.5 Å². The van der Waals surface area contributed by atoms with Crippen LogP contribution in [0.1, 0.15) is 10.4 Å². The zero-order valence-corrected chi connectivity index (χ0v) is 11.2. The number of alkyl halides is 6. The van der Waals surface area contributed by atoms with Crippen molar-refractivity contribution < 1.29 is 50.2 Å². The van der Waals surface area contributed by atoms with Crippen LogP contribution in [0.5, 0.6) is 11.5 Å². The zero-order valence-electron chi connectivity index (χ0n) is 10.4. The quantitative estimate of drug-likeness (QED) is 0.357. The molecule has 12 heteroatoms. The van der Waals surface area contributed by atoms with Gasteiger partial charge in [0, 0.05) is 11.6 Å². The van der Waals surface area contributed by atoms with Crippen molar-refractivity contribution in [2.75, 3.05) is 0 Å². The van der Waals surface area contributed by atoms with Crippen LogP contribution < -0.4 is 9.47 Å². The lowest BCUT2D eigenvalue weighted by Gasteiger charge is -2.11. The molecule has 0 radical (unpaired) electrons. The Hall–Kier alpha value is -2.30. The third-order valence-electron chi connectivity index (χ3n) is 1.99. The molecule has 1 aromatic carbocycles. The fourth-order valence-corrected chi connectivity index (χ4v) is 1.24. The lowest BCUT2D eigenvalue weighted by molar-refractivity contribution is -0.190. The highest BCUT2D eigenvalue weighted by molar-refractivity contribution is 6.67. The lowest BCUT2D eigenvalue weighted by Crippen LogP contribution is -2.29. The van der Waals surface area contributed by atoms with Crippen molar-refractivity contribution in [1.82, 2.24) is 0 Å². The van der Waals surface area contributed by atoms with E-state index in [0.717, 1.165) is 0 Å². The molecule has 0 aliphatic rings. The van der Waals surface area contributed by atoms with E-state index in [0.29, 0.717) is 18.2 Å². The molecule has 0 saturated heterocycles. The maximum Gasteiger partial charge on any atom is 0.491 e. The van der Waals surface area contributed by atoms with Crippen LogP contribution >= 0.6 is 11.6 Å². The third kappa shape index (κ3) is 5.43. The van der Waals surface area contributed by atoms with Gasteiger partial charge >= 0.3 is 24.3 Å². The predicted molar refractivity (Wildman–Crippen MR) is 60.0 cm³/mol. The molecule has 0 fully saturated rings. The Balaban J connectivity index is 3.16. The number of halogens is 7. The molecule has 1 aromatic rings. The van der Waals surface area contributed by atoms with E-state index in [1.54, 1.807) is 0 Å². The molecule has 0 unspecified atom stereocenters. The maximum atomic E-state index is 12.1. The minimum Gasteiger partial charge on any atom is -0.420 e. The monoisotopic (exact) mass is 364 g/mol. The topological polar surface area (TPSA) is 69.7 Å². The summed E-state index contributed by atoms with van der Waals surface area (Å²) in [6, 6.07) is 1.46. The van der Waals surface area contributed by atoms with Crippen molar-refractivity contribution in [3.63, 3.8) is 0 Å². The SMILES string of the molecule is O=C(Cl)c1cc(OC(=O)C(F)(F)F)cc(OC(=O)C(F)(F)F)c1. The summed E-state index contributed by atoms with van der Waals surface area (Å²) < 4.78 is 80.0. The van der Waals surface area contributed by atoms with Gasteiger partial charge in [0.2, 0.25) is 0 Å². The second-order valence-electron chi connectivity index (χ2n) is 3.74. The van der Waals surface area contributed by atoms with Gasteiger partial charge in [0.25, 0.3) is 5.24 Å². The fraction of sp³-hybridized carbons (Fsp3) is 0.182. The van der Waals surface area contributed by atoms with Gasteiger partial charge in [-0.05, 0) is 23.7 Å². The first-order chi connectivity index (χ1) is 10.3. The molecule has 0 aliphatic heterocycles. The van der Waals surface area contributed by atoms with Gasteiger partial charge in [-0.2, -0.15) is 26.3 Å². The second kappa shape index (κ2) is 6.44. The Bertz CT molecular complexity index is 605. The molecule has 0 aliphatic carbocycles. The average Bonchev–Trinajstić information content (AvgIpc) is 2.35. The van der Waals surface area contributed by atoms with E-state index in [1.165, 1.54) is 0 Å². The summed E-state index contributed by atoms with van der Waals surface area (Å²) in [4.78, 5) is 32.3. The second-order valence-corrected chi connectivity index (χ2v) is 4.08. The largest absolute Gasteiger partial charge is 0.491 e. The third-order valence-corrected chi connectivity index (χ3v) is 2.21. The predicted octanol–water partition coefficient (Wildman–Crippen LogP) is 3.00. The molecule has 126 valence electrons. The Labute approximate surface area is 127 Å². The molecule has 0 spiro atoms. The van der Waals surface area contributed by atoms with Crippen molar-refractivity contribution >= 4 is 28.8 Å². The Morgan fingerprint density at radius 3 is 1.39 bits per heavy atom. The first-order valence-electron chi connectivity index (χ1n) is 5.23. The van der Waals surface area contributed by atoms with Crippen LogP contribution in [0.4, 0.5) is 26.3 Å². The van der Waals surface area contributed by atoms with E-state index in [2.05, 4.69) is 9.47 Å². The van der Waals surface area contributed by atoms with Crippen LogP contribution in [0.15, 0.2) is 18.2 Å². The molecule has 0 bridgehead atoms. The van der Waals surface area contributed by atoms with E-state index in [4.69, 9.17) is 11.6 Å². The zero-order chi connectivity index (χ0) is 18.0. The van der Waals surface area contributed by atoms with E-state index in [1.807, 2.05) is 0 Å². The van der Waals surface area contributed by atoms with E-state index in [9.17, 15) is 40.7 Å². The van der Waals surface area contributed by atoms with E-state index >= 15 is 0 Å². The van der Waals surface area contributed by atoms with Crippen LogP contribution in [-0.2, 0) is 9.59 Å². The summed E-state index contributed by atoms with van der Waals surface area (Å²) in [5.41, 5.74) is -0.663. The lowest BCUT2D eigenvalue weighted by atomic mass is 10.2. The standard InChI is InChI=1S/C11H3ClF6O5/c12-7(19)4-1-5(22-8(20)10(13,14)15)3-6(2-4)23-9(21)11(16,17)18/h1-3H. The molecule has 0 aromatic heterocycles. The average molecular weight is 365 g/mol. The maximum absolute atomic E-state index is 12.1. The van der Waals surface area contributed by atoms with Gasteiger partial charge in [0.05, 0.1) is 0 Å². The molecular formula is C11H3ClF6O5. The number of hydrogen-bond acceptors (Lipinski definition) is 5. The summed E-state index contributed by atoms with van der Waals surface area (Å²) in [7, 11) is 0. The van der Waals surface area contributed by atoms with Crippen molar-refractivity contribution in [3.05, 3.63) is 23.8 Å². The van der Waals surface area contributed by atoms with Gasteiger partial charge in [-0.15, -0.1) is 0 Å². The van der Waals surface area contributed by atoms with Gasteiger partial charge in [-0.25, -0.2) is 9.59 Å². The Morgan fingerprint density at radius 1 is 0.783 bits per heavy atom. The van der Waals surface area contributed by atoms with E-state index in [-0.39, 0.29) is 0 Å². The molecule has 0 N–H and O–H groups in total. The summed E-state index contributed by atoms with van der Waals surface area (Å²) in [6.45, 7) is 0. The smallest absolute Gasteiger partial charge is 0.420 e. The molecule has 0 heterocycles. The molecule has 0 saturated carbocycles. The Morgan fingerprint density at radius 2 is 1.13 bits per heavy atom. The summed E-state index contributed by atoms with van der Waals surface area (Å²) in [5.74, 6) is -7.40. The number of carbonyl (C=O) groups is 3. The highest BCUT2D eigenvalue weighted by atomic mass is 35.5. The fourth-order valence-electron chi connectivity index (χ4n) is 1.13. The van der Waals surface area contributed by atoms with Crippen molar-refractivity contribution in [2.45, 2.75) is 12.4 Å². The van der Waals surface area contributed by atoms with Gasteiger partial charge < -0.3 is 9.47 Å². The number of carbonyl (C=O) groups excluding carboxylic acids is 3. The number of rotatable bonds is 3. The number of ether oxygens (including phenoxy) is 2. The van der Waals surface area contributed by atoms with Gasteiger partial charge in [-0.1, -0.05) is 0 Å². The van der Waals surface area contributed by atoms with Crippen molar-refractivity contribution in [3.8, 4) is 11.5 Å². The molecule has 5 nitrogen and oxygen atoms in total. The minimum atomic E-state index is -5.40. The number of benzene rings is 1. The van der Waals surface area contributed by atoms with E-state index < -0.39 is 46.6 Å². The molecule has 1 rings (SSSR count). The number of hydrogen-bond donors (Lipinski definition) is 0. The minimum absolute atomic E-state index is 0.372. The van der Waals surface area contributed by atoms with Crippen molar-refractivity contribution in [1.29, 1.82) is 0 Å². The van der Waals surface area contributed by atoms with Crippen LogP contribution in [0.3, 0.4) is 0 Å². The molecule has 0 amide bonds. The molecular weight excluding hydrogens is 362 g/mol. The number of esters is 2. The summed E-state index contributed by atoms with van der Waals surface area (Å²) >= 11 is 5.04. The first-order valence-corrected chi connectivity index (χ1v) is 5.61. The highest BCUT2D eigenvalue weighted by Gasteiger charge is 2.42. The molecule has 0 atom stereocenters. The van der Waals surface area contributed by atoms with Gasteiger partial charge in [0.1, 0.15) is 11.5 Å².